The summed E-state index contributed by atoms with van der Waals surface area (Å²) in [5.41, 5.74) is 8.67. The van der Waals surface area contributed by atoms with Crippen molar-refractivity contribution >= 4 is 38.3 Å². The van der Waals surface area contributed by atoms with E-state index in [1.807, 2.05) is 19.2 Å². The predicted molar refractivity (Wildman–Crippen MR) is 121 cm³/mol. The van der Waals surface area contributed by atoms with E-state index < -0.39 is 10.0 Å². The molecule has 1 aliphatic heterocycles. The van der Waals surface area contributed by atoms with E-state index in [2.05, 4.69) is 27.4 Å². The highest BCUT2D eigenvalue weighted by molar-refractivity contribution is 7.89. The molecule has 1 aromatic carbocycles. The zero-order valence-corrected chi connectivity index (χ0v) is 17.8. The predicted octanol–water partition coefficient (Wildman–Crippen LogP) is 2.85. The number of aromatic nitrogens is 1. The lowest BCUT2D eigenvalue weighted by Gasteiger charge is -2.32. The highest BCUT2D eigenvalue weighted by atomic mass is 32.2. The van der Waals surface area contributed by atoms with Gasteiger partial charge in [-0.1, -0.05) is 0 Å². The first kappa shape index (κ1) is 21.3. The molecule has 0 atom stereocenters. The van der Waals surface area contributed by atoms with Crippen molar-refractivity contribution < 1.29 is 8.42 Å². The van der Waals surface area contributed by atoms with Crippen LogP contribution in [0.1, 0.15) is 32.3 Å². The number of hydrogen-bond acceptors (Lipinski definition) is 6. The number of fused-ring (bicyclic) bond motifs is 1. The number of sulfonamides is 1. The quantitative estimate of drug-likeness (QED) is 0.677. The standard InChI is InChI=1S/C21H29N5O2S/c1-3-23-14-18(13-22)17-11-16-5-8-24-15-20(16)21(12-17)25-19-6-9-26(10-7-19)29(27,28)4-2/h5,8,11-15,19,25H,3-4,6-7,9-10,22H2,1-2H3/b18-13+,23-14?. The summed E-state index contributed by atoms with van der Waals surface area (Å²) in [5.74, 6) is 0.150. The minimum absolute atomic E-state index is 0.150. The van der Waals surface area contributed by atoms with Crippen molar-refractivity contribution in [2.24, 2.45) is 10.7 Å². The van der Waals surface area contributed by atoms with Crippen molar-refractivity contribution in [2.75, 3.05) is 30.7 Å². The molecule has 0 saturated carbocycles. The molecule has 1 aromatic heterocycles. The molecule has 1 aliphatic rings. The number of benzene rings is 1. The van der Waals surface area contributed by atoms with Gasteiger partial charge in [0, 0.05) is 67.1 Å². The van der Waals surface area contributed by atoms with Gasteiger partial charge in [-0.2, -0.15) is 0 Å². The Hall–Kier alpha value is -2.45. The number of rotatable bonds is 7. The Morgan fingerprint density at radius 3 is 2.76 bits per heavy atom. The third kappa shape index (κ3) is 4.94. The summed E-state index contributed by atoms with van der Waals surface area (Å²) in [6.07, 6.45) is 8.52. The van der Waals surface area contributed by atoms with E-state index in [4.69, 9.17) is 5.73 Å². The first-order valence-electron chi connectivity index (χ1n) is 10.0. The van der Waals surface area contributed by atoms with Gasteiger partial charge in [0.15, 0.2) is 0 Å². The van der Waals surface area contributed by atoms with E-state index in [1.54, 1.807) is 29.8 Å². The largest absolute Gasteiger partial charge is 0.404 e. The van der Waals surface area contributed by atoms with Crippen LogP contribution >= 0.6 is 0 Å². The van der Waals surface area contributed by atoms with Crippen LogP contribution in [0.3, 0.4) is 0 Å². The Kier molecular flexibility index (Phi) is 6.87. The minimum atomic E-state index is -3.12. The van der Waals surface area contributed by atoms with Gasteiger partial charge in [-0.15, -0.1) is 0 Å². The first-order valence-corrected chi connectivity index (χ1v) is 11.6. The summed E-state index contributed by atoms with van der Waals surface area (Å²) in [7, 11) is -3.12. The number of nitrogens with one attached hydrogen (secondary N) is 1. The highest BCUT2D eigenvalue weighted by Crippen LogP contribution is 2.30. The van der Waals surface area contributed by atoms with Crippen molar-refractivity contribution in [3.05, 3.63) is 42.4 Å². The molecule has 0 amide bonds. The number of anilines is 1. The molecule has 3 N–H and O–H groups in total. The van der Waals surface area contributed by atoms with Gasteiger partial charge in [0.05, 0.1) is 5.75 Å². The van der Waals surface area contributed by atoms with Crippen LogP contribution in [0.5, 0.6) is 0 Å². The summed E-state index contributed by atoms with van der Waals surface area (Å²) < 4.78 is 25.8. The summed E-state index contributed by atoms with van der Waals surface area (Å²) in [6.45, 7) is 5.45. The lowest BCUT2D eigenvalue weighted by atomic mass is 10.00. The zero-order chi connectivity index (χ0) is 20.9. The van der Waals surface area contributed by atoms with Gasteiger partial charge in [0.2, 0.25) is 10.0 Å². The van der Waals surface area contributed by atoms with E-state index in [-0.39, 0.29) is 11.8 Å². The monoisotopic (exact) mass is 415 g/mol. The fraction of sp³-hybridized carbons (Fsp3) is 0.429. The number of hydrogen-bond donors (Lipinski definition) is 2. The van der Waals surface area contributed by atoms with Gasteiger partial charge >= 0.3 is 0 Å². The van der Waals surface area contributed by atoms with Crippen LogP contribution in [0.15, 0.2) is 41.8 Å². The van der Waals surface area contributed by atoms with Gasteiger partial charge < -0.3 is 11.1 Å². The van der Waals surface area contributed by atoms with Crippen LogP contribution in [0, 0.1) is 0 Å². The van der Waals surface area contributed by atoms with Crippen molar-refractivity contribution in [3.63, 3.8) is 0 Å². The number of allylic oxidation sites excluding steroid dienone is 1. The minimum Gasteiger partial charge on any atom is -0.404 e. The summed E-state index contributed by atoms with van der Waals surface area (Å²) in [4.78, 5) is 8.59. The number of piperidine rings is 1. The maximum absolute atomic E-state index is 12.1. The molecule has 1 fully saturated rings. The number of pyridine rings is 1. The third-order valence-corrected chi connectivity index (χ3v) is 7.13. The highest BCUT2D eigenvalue weighted by Gasteiger charge is 2.26. The van der Waals surface area contributed by atoms with Crippen LogP contribution < -0.4 is 11.1 Å². The summed E-state index contributed by atoms with van der Waals surface area (Å²) in [6, 6.07) is 6.33. The second kappa shape index (κ2) is 9.37. The number of nitrogens with two attached hydrogens (primary N) is 1. The molecule has 0 bridgehead atoms. The Balaban J connectivity index is 1.86. The molecule has 1 saturated heterocycles. The molecule has 3 rings (SSSR count). The molecule has 0 radical (unpaired) electrons. The van der Waals surface area contributed by atoms with E-state index in [9.17, 15) is 8.42 Å². The van der Waals surface area contributed by atoms with Crippen LogP contribution in [-0.2, 0) is 10.0 Å². The summed E-state index contributed by atoms with van der Waals surface area (Å²) in [5, 5.41) is 5.71. The van der Waals surface area contributed by atoms with Gasteiger partial charge in [0.1, 0.15) is 0 Å². The Morgan fingerprint density at radius 2 is 2.10 bits per heavy atom. The molecule has 7 nitrogen and oxygen atoms in total. The molecule has 156 valence electrons. The fourth-order valence-electron chi connectivity index (χ4n) is 3.57. The van der Waals surface area contributed by atoms with Crippen LogP contribution in [0.25, 0.3) is 16.3 Å². The SMILES string of the molecule is CCN=C/C(=C\N)c1cc(NC2CCN(S(=O)(=O)CC)CC2)c2cnccc2c1. The average molecular weight is 416 g/mol. The van der Waals surface area contributed by atoms with E-state index >= 15 is 0 Å². The molecule has 0 spiro atoms. The van der Waals surface area contributed by atoms with Crippen molar-refractivity contribution in [3.8, 4) is 0 Å². The lowest BCUT2D eigenvalue weighted by molar-refractivity contribution is 0.330. The molecular formula is C21H29N5O2S. The van der Waals surface area contributed by atoms with Gasteiger partial charge in [0.25, 0.3) is 0 Å². The topological polar surface area (TPSA) is 101 Å². The normalized spacial score (nSPS) is 17.2. The van der Waals surface area contributed by atoms with Crippen LogP contribution in [0.4, 0.5) is 5.69 Å². The fourth-order valence-corrected chi connectivity index (χ4v) is 4.70. The van der Waals surface area contributed by atoms with Gasteiger partial charge in [-0.3, -0.25) is 9.98 Å². The van der Waals surface area contributed by atoms with Gasteiger partial charge in [-0.05, 0) is 55.8 Å². The van der Waals surface area contributed by atoms with Crippen molar-refractivity contribution in [1.82, 2.24) is 9.29 Å². The van der Waals surface area contributed by atoms with Crippen LogP contribution in [-0.4, -0.2) is 55.4 Å². The van der Waals surface area contributed by atoms with Crippen molar-refractivity contribution in [1.29, 1.82) is 0 Å². The van der Waals surface area contributed by atoms with E-state index in [0.29, 0.717) is 19.6 Å². The molecule has 2 heterocycles. The molecule has 2 aromatic rings. The smallest absolute Gasteiger partial charge is 0.213 e. The second-order valence-electron chi connectivity index (χ2n) is 7.09. The molecule has 29 heavy (non-hydrogen) atoms. The maximum atomic E-state index is 12.1. The van der Waals surface area contributed by atoms with Gasteiger partial charge in [-0.25, -0.2) is 12.7 Å². The molecule has 0 unspecified atom stereocenters. The third-order valence-electron chi connectivity index (χ3n) is 5.25. The lowest BCUT2D eigenvalue weighted by Crippen LogP contribution is -2.42. The molecule has 8 heteroatoms. The molecule has 0 aliphatic carbocycles. The molecular weight excluding hydrogens is 386 g/mol. The zero-order valence-electron chi connectivity index (χ0n) is 17.0. The summed E-state index contributed by atoms with van der Waals surface area (Å²) >= 11 is 0. The maximum Gasteiger partial charge on any atom is 0.213 e. The van der Waals surface area contributed by atoms with Crippen LogP contribution in [0.2, 0.25) is 0 Å². The van der Waals surface area contributed by atoms with E-state index in [1.165, 1.54) is 0 Å². The number of aliphatic imine (C=N–C) groups is 1. The Bertz CT molecular complexity index is 1010. The Morgan fingerprint density at radius 1 is 1.34 bits per heavy atom. The second-order valence-corrected chi connectivity index (χ2v) is 9.35. The number of nitrogens with zero attached hydrogens (tertiary/aromatic N) is 3. The van der Waals surface area contributed by atoms with E-state index in [0.717, 1.165) is 40.4 Å². The average Bonchev–Trinajstić information content (AvgIpc) is 2.75. The Labute approximate surface area is 172 Å². The van der Waals surface area contributed by atoms with Crippen molar-refractivity contribution in [2.45, 2.75) is 32.7 Å². The first-order chi connectivity index (χ1) is 14.0.